The van der Waals surface area contributed by atoms with Gasteiger partial charge in [-0.2, -0.15) is 13.2 Å². The van der Waals surface area contributed by atoms with Crippen molar-refractivity contribution in [3.8, 4) is 5.75 Å². The molecule has 0 bridgehead atoms. The number of nitrogens with one attached hydrogen (secondary N) is 2. The summed E-state index contributed by atoms with van der Waals surface area (Å²) in [5.74, 6) is 0.679. The van der Waals surface area contributed by atoms with Crippen molar-refractivity contribution >= 4 is 11.7 Å². The minimum Gasteiger partial charge on any atom is -0.497 e. The number of methoxy groups -OCH3 is 1. The lowest BCUT2D eigenvalue weighted by molar-refractivity contribution is -0.188. The highest BCUT2D eigenvalue weighted by Crippen LogP contribution is 2.24. The maximum atomic E-state index is 12.2. The van der Waals surface area contributed by atoms with Crippen LogP contribution < -0.4 is 15.4 Å². The average Bonchev–Trinajstić information content (AvgIpc) is 2.53. The van der Waals surface area contributed by atoms with Gasteiger partial charge in [-0.25, -0.2) is 4.79 Å². The number of alkyl halides is 3. The summed E-state index contributed by atoms with van der Waals surface area (Å²) in [6.07, 6.45) is -2.41. The number of hydrogen-bond acceptors (Lipinski definition) is 3. The van der Waals surface area contributed by atoms with Crippen LogP contribution in [0.15, 0.2) is 24.3 Å². The number of amides is 2. The number of halogens is 3. The van der Waals surface area contributed by atoms with Crippen LogP contribution in [0.1, 0.15) is 25.7 Å². The molecule has 1 aliphatic rings. The Morgan fingerprint density at radius 2 is 1.96 bits per heavy atom. The van der Waals surface area contributed by atoms with E-state index < -0.39 is 18.9 Å². The topological polar surface area (TPSA) is 59.6 Å². The summed E-state index contributed by atoms with van der Waals surface area (Å²) in [6.45, 7) is -1.25. The molecule has 2 amide bonds. The Kier molecular flexibility index (Phi) is 6.30. The zero-order valence-electron chi connectivity index (χ0n) is 13.4. The fraction of sp³-hybridized carbons (Fsp3) is 0.562. The molecule has 1 saturated carbocycles. The molecule has 5 nitrogen and oxygen atoms in total. The van der Waals surface area contributed by atoms with Gasteiger partial charge in [0, 0.05) is 11.7 Å². The summed E-state index contributed by atoms with van der Waals surface area (Å²) >= 11 is 0. The quantitative estimate of drug-likeness (QED) is 0.854. The number of hydrogen-bond donors (Lipinski definition) is 2. The maximum absolute atomic E-state index is 12.2. The Hall–Kier alpha value is -1.96. The van der Waals surface area contributed by atoms with Crippen LogP contribution in [0, 0.1) is 0 Å². The molecule has 2 atom stereocenters. The van der Waals surface area contributed by atoms with Gasteiger partial charge in [0.1, 0.15) is 12.4 Å². The molecule has 8 heteroatoms. The Balaban J connectivity index is 1.78. The van der Waals surface area contributed by atoms with Gasteiger partial charge in [-0.05, 0) is 49.9 Å². The number of benzene rings is 1. The largest absolute Gasteiger partial charge is 0.497 e. The van der Waals surface area contributed by atoms with Gasteiger partial charge in [0.05, 0.1) is 13.2 Å². The molecule has 2 rings (SSSR count). The van der Waals surface area contributed by atoms with Crippen LogP contribution in [-0.4, -0.2) is 38.1 Å². The fourth-order valence-electron chi connectivity index (χ4n) is 2.67. The number of ether oxygens (including phenoxy) is 2. The lowest BCUT2D eigenvalue weighted by atomic mass is 9.93. The highest BCUT2D eigenvalue weighted by atomic mass is 19.4. The van der Waals surface area contributed by atoms with Crippen molar-refractivity contribution in [1.82, 2.24) is 5.32 Å². The van der Waals surface area contributed by atoms with Crippen LogP contribution in [0.4, 0.5) is 23.7 Å². The normalized spacial score (nSPS) is 21.2. The number of carbonyl (C=O) groups excluding carboxylic acids is 1. The molecular weight excluding hydrogens is 325 g/mol. The van der Waals surface area contributed by atoms with E-state index in [4.69, 9.17) is 9.47 Å². The highest BCUT2D eigenvalue weighted by molar-refractivity contribution is 5.89. The molecule has 0 spiro atoms. The van der Waals surface area contributed by atoms with Crippen LogP contribution in [0.25, 0.3) is 0 Å². The molecule has 0 unspecified atom stereocenters. The van der Waals surface area contributed by atoms with Gasteiger partial charge in [-0.1, -0.05) is 0 Å². The zero-order chi connectivity index (χ0) is 17.6. The molecule has 1 aliphatic carbocycles. The van der Waals surface area contributed by atoms with E-state index in [-0.39, 0.29) is 12.1 Å². The minimum atomic E-state index is -4.33. The summed E-state index contributed by atoms with van der Waals surface area (Å²) in [7, 11) is 1.55. The number of carbonyl (C=O) groups is 1. The van der Waals surface area contributed by atoms with E-state index in [9.17, 15) is 18.0 Å². The average molecular weight is 346 g/mol. The van der Waals surface area contributed by atoms with Crippen LogP contribution in [0.5, 0.6) is 5.75 Å². The van der Waals surface area contributed by atoms with Crippen molar-refractivity contribution in [1.29, 1.82) is 0 Å². The van der Waals surface area contributed by atoms with Gasteiger partial charge < -0.3 is 20.1 Å². The van der Waals surface area contributed by atoms with E-state index in [1.54, 1.807) is 31.4 Å². The Bertz CT molecular complexity index is 534. The third-order valence-corrected chi connectivity index (χ3v) is 3.79. The molecule has 134 valence electrons. The summed E-state index contributed by atoms with van der Waals surface area (Å²) in [4.78, 5) is 12.0. The molecule has 0 aliphatic heterocycles. The van der Waals surface area contributed by atoms with Crippen molar-refractivity contribution in [3.63, 3.8) is 0 Å². The molecular formula is C16H21F3N2O3. The van der Waals surface area contributed by atoms with Gasteiger partial charge in [0.25, 0.3) is 0 Å². The lowest BCUT2D eigenvalue weighted by Crippen LogP contribution is -2.43. The number of urea groups is 1. The Morgan fingerprint density at radius 3 is 2.58 bits per heavy atom. The first kappa shape index (κ1) is 18.4. The van der Waals surface area contributed by atoms with Crippen molar-refractivity contribution in [2.45, 2.75) is 44.0 Å². The summed E-state index contributed by atoms with van der Waals surface area (Å²) < 4.78 is 46.5. The minimum absolute atomic E-state index is 0.199. The summed E-state index contributed by atoms with van der Waals surface area (Å²) in [6, 6.07) is 6.26. The van der Waals surface area contributed by atoms with E-state index in [1.165, 1.54) is 0 Å². The fourth-order valence-corrected chi connectivity index (χ4v) is 2.67. The first-order chi connectivity index (χ1) is 11.4. The van der Waals surface area contributed by atoms with Crippen molar-refractivity contribution in [2.75, 3.05) is 19.0 Å². The van der Waals surface area contributed by atoms with Crippen LogP contribution >= 0.6 is 0 Å². The second-order valence-corrected chi connectivity index (χ2v) is 5.74. The number of anilines is 1. The summed E-state index contributed by atoms with van der Waals surface area (Å²) in [5, 5.41) is 5.47. The standard InChI is InChI=1S/C16H21F3N2O3/c1-23-13-7-5-11(6-8-13)20-15(22)21-12-3-2-4-14(9-12)24-10-16(17,18)19/h5-8,12,14H,2-4,9-10H2,1H3,(H2,20,21,22)/t12-,14-/m1/s1. The van der Waals surface area contributed by atoms with E-state index in [1.807, 2.05) is 0 Å². The Labute approximate surface area is 138 Å². The first-order valence-corrected chi connectivity index (χ1v) is 7.75. The monoisotopic (exact) mass is 346 g/mol. The van der Waals surface area contributed by atoms with Crippen molar-refractivity contribution in [2.24, 2.45) is 0 Å². The molecule has 0 saturated heterocycles. The molecule has 2 N–H and O–H groups in total. The van der Waals surface area contributed by atoms with Crippen molar-refractivity contribution < 1.29 is 27.4 Å². The second-order valence-electron chi connectivity index (χ2n) is 5.74. The van der Waals surface area contributed by atoms with E-state index in [0.717, 1.165) is 12.8 Å². The van der Waals surface area contributed by atoms with Gasteiger partial charge >= 0.3 is 12.2 Å². The van der Waals surface area contributed by atoms with Crippen LogP contribution in [0.3, 0.4) is 0 Å². The van der Waals surface area contributed by atoms with Gasteiger partial charge in [-0.3, -0.25) is 0 Å². The smallest absolute Gasteiger partial charge is 0.411 e. The molecule has 1 aromatic carbocycles. The van der Waals surface area contributed by atoms with Gasteiger partial charge in [0.2, 0.25) is 0 Å². The van der Waals surface area contributed by atoms with E-state index in [2.05, 4.69) is 10.6 Å². The van der Waals surface area contributed by atoms with Crippen molar-refractivity contribution in [3.05, 3.63) is 24.3 Å². The van der Waals surface area contributed by atoms with Crippen LogP contribution in [0.2, 0.25) is 0 Å². The lowest BCUT2D eigenvalue weighted by Gasteiger charge is -2.30. The van der Waals surface area contributed by atoms with Crippen LogP contribution in [-0.2, 0) is 4.74 Å². The van der Waals surface area contributed by atoms with Gasteiger partial charge in [0.15, 0.2) is 0 Å². The number of rotatable bonds is 5. The Morgan fingerprint density at radius 1 is 1.25 bits per heavy atom. The maximum Gasteiger partial charge on any atom is 0.411 e. The predicted molar refractivity (Wildman–Crippen MR) is 83.2 cm³/mol. The molecule has 0 radical (unpaired) electrons. The van der Waals surface area contributed by atoms with E-state index in [0.29, 0.717) is 24.3 Å². The molecule has 0 heterocycles. The third kappa shape index (κ3) is 6.27. The van der Waals surface area contributed by atoms with Gasteiger partial charge in [-0.15, -0.1) is 0 Å². The molecule has 1 aromatic rings. The second kappa shape index (κ2) is 8.23. The molecule has 1 fully saturated rings. The summed E-state index contributed by atoms with van der Waals surface area (Å²) in [5.41, 5.74) is 0.606. The molecule has 0 aromatic heterocycles. The highest BCUT2D eigenvalue weighted by Gasteiger charge is 2.31. The third-order valence-electron chi connectivity index (χ3n) is 3.79. The zero-order valence-corrected chi connectivity index (χ0v) is 13.4. The molecule has 24 heavy (non-hydrogen) atoms. The predicted octanol–water partition coefficient (Wildman–Crippen LogP) is 3.71. The van der Waals surface area contributed by atoms with E-state index >= 15 is 0 Å². The SMILES string of the molecule is COc1ccc(NC(=O)N[C@@H]2CCC[C@@H](OCC(F)(F)F)C2)cc1. The first-order valence-electron chi connectivity index (χ1n) is 7.75.